The number of rotatable bonds is 2. The zero-order valence-corrected chi connectivity index (χ0v) is 10.2. The van der Waals surface area contributed by atoms with E-state index in [0.717, 1.165) is 0 Å². The summed E-state index contributed by atoms with van der Waals surface area (Å²) in [5, 5.41) is 6.04. The Bertz CT molecular complexity index is 346. The topological polar surface area (TPSA) is 12.0 Å². The van der Waals surface area contributed by atoms with Crippen molar-refractivity contribution in [3.8, 4) is 0 Å². The van der Waals surface area contributed by atoms with Crippen LogP contribution in [0.2, 0.25) is 0 Å². The average molecular weight is 221 g/mol. The Hall–Kier alpha value is -0.340. The van der Waals surface area contributed by atoms with E-state index >= 15 is 0 Å². The zero-order valence-electron chi connectivity index (χ0n) is 9.38. The predicted molar refractivity (Wildman–Crippen MR) is 65.3 cm³/mol. The van der Waals surface area contributed by atoms with Gasteiger partial charge >= 0.3 is 0 Å². The van der Waals surface area contributed by atoms with Gasteiger partial charge in [0.25, 0.3) is 0 Å². The van der Waals surface area contributed by atoms with Crippen molar-refractivity contribution >= 4 is 11.3 Å². The van der Waals surface area contributed by atoms with E-state index in [9.17, 15) is 0 Å². The largest absolute Gasteiger partial charge is 0.308 e. The lowest BCUT2D eigenvalue weighted by atomic mass is 9.61. The van der Waals surface area contributed by atoms with E-state index in [0.29, 0.717) is 11.5 Å². The van der Waals surface area contributed by atoms with E-state index in [1.807, 2.05) is 11.3 Å². The molecule has 1 aromatic rings. The smallest absolute Gasteiger partial charge is 0.0474 e. The Morgan fingerprint density at radius 3 is 3.07 bits per heavy atom. The fourth-order valence-electron chi connectivity index (χ4n) is 3.22. The van der Waals surface area contributed by atoms with Gasteiger partial charge in [-0.05, 0) is 54.7 Å². The highest BCUT2D eigenvalue weighted by Gasteiger charge is 2.44. The fraction of sp³-hybridized carbons (Fsp3) is 0.692. The molecule has 0 bridgehead atoms. The molecule has 1 nitrogen and oxygen atoms in total. The number of thiophene rings is 1. The normalized spacial score (nSPS) is 28.2. The molecule has 1 saturated carbocycles. The summed E-state index contributed by atoms with van der Waals surface area (Å²) >= 11 is 1.96. The van der Waals surface area contributed by atoms with Crippen molar-refractivity contribution in [2.24, 2.45) is 5.41 Å². The lowest BCUT2D eigenvalue weighted by Gasteiger charge is -2.49. The summed E-state index contributed by atoms with van der Waals surface area (Å²) in [5.41, 5.74) is 2.21. The van der Waals surface area contributed by atoms with Crippen LogP contribution in [0, 0.1) is 5.41 Å². The molecule has 1 aliphatic heterocycles. The van der Waals surface area contributed by atoms with E-state index in [2.05, 4.69) is 23.7 Å². The highest BCUT2D eigenvalue weighted by Crippen LogP contribution is 2.54. The number of nitrogens with one attached hydrogen (secondary N) is 1. The maximum atomic E-state index is 3.77. The second-order valence-corrected chi connectivity index (χ2v) is 5.96. The third-order valence-electron chi connectivity index (χ3n) is 4.45. The highest BCUT2D eigenvalue weighted by molar-refractivity contribution is 7.10. The molecule has 0 saturated heterocycles. The zero-order chi connectivity index (χ0) is 10.3. The number of fused-ring (bicyclic) bond motifs is 1. The minimum atomic E-state index is 0.597. The van der Waals surface area contributed by atoms with Gasteiger partial charge < -0.3 is 5.32 Å². The van der Waals surface area contributed by atoms with Gasteiger partial charge in [-0.3, -0.25) is 0 Å². The van der Waals surface area contributed by atoms with Crippen molar-refractivity contribution < 1.29 is 0 Å². The van der Waals surface area contributed by atoms with E-state index in [4.69, 9.17) is 0 Å². The second kappa shape index (κ2) is 3.60. The van der Waals surface area contributed by atoms with Crippen molar-refractivity contribution in [1.29, 1.82) is 0 Å². The standard InChI is InChI=1S/C13H19NS/c1-2-13(6-3-7-13)12-11-10(4-8-14-12)5-9-15-11/h5,9,12,14H,2-4,6-8H2,1H3. The molecule has 2 heterocycles. The van der Waals surface area contributed by atoms with Crippen molar-refractivity contribution in [1.82, 2.24) is 5.32 Å². The average Bonchev–Trinajstić information content (AvgIpc) is 2.65. The second-order valence-electron chi connectivity index (χ2n) is 5.02. The molecule has 1 fully saturated rings. The van der Waals surface area contributed by atoms with Gasteiger partial charge in [0, 0.05) is 10.9 Å². The third-order valence-corrected chi connectivity index (χ3v) is 5.48. The van der Waals surface area contributed by atoms with Gasteiger partial charge in [0.15, 0.2) is 0 Å². The molecule has 15 heavy (non-hydrogen) atoms. The van der Waals surface area contributed by atoms with E-state index in [1.165, 1.54) is 38.6 Å². The van der Waals surface area contributed by atoms with Gasteiger partial charge in [-0.25, -0.2) is 0 Å². The van der Waals surface area contributed by atoms with Gasteiger partial charge in [0.1, 0.15) is 0 Å². The first-order valence-electron chi connectivity index (χ1n) is 6.15. The molecule has 1 unspecified atom stereocenters. The lowest BCUT2D eigenvalue weighted by Crippen LogP contribution is -2.45. The predicted octanol–water partition coefficient (Wildman–Crippen LogP) is 3.52. The van der Waals surface area contributed by atoms with Crippen LogP contribution in [0.1, 0.15) is 49.1 Å². The Labute approximate surface area is 95.9 Å². The van der Waals surface area contributed by atoms with Crippen LogP contribution in [0.4, 0.5) is 0 Å². The van der Waals surface area contributed by atoms with Crippen LogP contribution < -0.4 is 5.32 Å². The molecular formula is C13H19NS. The molecule has 0 radical (unpaired) electrons. The Morgan fingerprint density at radius 1 is 1.53 bits per heavy atom. The SMILES string of the molecule is CCC1(C2NCCc3ccsc32)CCC1. The van der Waals surface area contributed by atoms with E-state index in [1.54, 1.807) is 10.4 Å². The van der Waals surface area contributed by atoms with Crippen LogP contribution in [0.3, 0.4) is 0 Å². The van der Waals surface area contributed by atoms with Crippen molar-refractivity contribution in [3.05, 3.63) is 21.9 Å². The molecule has 0 spiro atoms. The molecular weight excluding hydrogens is 202 g/mol. The summed E-state index contributed by atoms with van der Waals surface area (Å²) in [7, 11) is 0. The Balaban J connectivity index is 1.95. The first-order chi connectivity index (χ1) is 7.36. The lowest BCUT2D eigenvalue weighted by molar-refractivity contribution is 0.0669. The highest BCUT2D eigenvalue weighted by atomic mass is 32.1. The maximum absolute atomic E-state index is 3.77. The van der Waals surface area contributed by atoms with Crippen LogP contribution in [0.25, 0.3) is 0 Å². The van der Waals surface area contributed by atoms with Crippen molar-refractivity contribution in [2.45, 2.75) is 45.1 Å². The summed E-state index contributed by atoms with van der Waals surface area (Å²) in [5.74, 6) is 0. The molecule has 2 aliphatic rings. The van der Waals surface area contributed by atoms with Crippen LogP contribution in [0.5, 0.6) is 0 Å². The first kappa shape index (κ1) is 9.86. The molecule has 0 aromatic carbocycles. The van der Waals surface area contributed by atoms with Gasteiger partial charge in [-0.2, -0.15) is 0 Å². The molecule has 82 valence electrons. The summed E-state index contributed by atoms with van der Waals surface area (Å²) in [4.78, 5) is 1.64. The third kappa shape index (κ3) is 1.38. The Kier molecular flexibility index (Phi) is 2.37. The number of hydrogen-bond donors (Lipinski definition) is 1. The van der Waals surface area contributed by atoms with Crippen LogP contribution in [-0.2, 0) is 6.42 Å². The summed E-state index contributed by atoms with van der Waals surface area (Å²) < 4.78 is 0. The molecule has 1 atom stereocenters. The quantitative estimate of drug-likeness (QED) is 0.806. The first-order valence-corrected chi connectivity index (χ1v) is 7.03. The molecule has 1 N–H and O–H groups in total. The van der Waals surface area contributed by atoms with Crippen molar-refractivity contribution in [2.75, 3.05) is 6.54 Å². The summed E-state index contributed by atoms with van der Waals surface area (Å²) in [6, 6.07) is 3.00. The summed E-state index contributed by atoms with van der Waals surface area (Å²) in [6.07, 6.45) is 6.86. The molecule has 3 rings (SSSR count). The maximum Gasteiger partial charge on any atom is 0.0474 e. The molecule has 1 aromatic heterocycles. The van der Waals surface area contributed by atoms with Crippen LogP contribution in [0.15, 0.2) is 11.4 Å². The van der Waals surface area contributed by atoms with Gasteiger partial charge in [-0.15, -0.1) is 11.3 Å². The monoisotopic (exact) mass is 221 g/mol. The van der Waals surface area contributed by atoms with Gasteiger partial charge in [-0.1, -0.05) is 13.3 Å². The molecule has 0 amide bonds. The van der Waals surface area contributed by atoms with Crippen LogP contribution in [-0.4, -0.2) is 6.54 Å². The van der Waals surface area contributed by atoms with Gasteiger partial charge in [0.2, 0.25) is 0 Å². The molecule has 2 heteroatoms. The van der Waals surface area contributed by atoms with Gasteiger partial charge in [0.05, 0.1) is 0 Å². The Morgan fingerprint density at radius 2 is 2.40 bits per heavy atom. The van der Waals surface area contributed by atoms with E-state index in [-0.39, 0.29) is 0 Å². The minimum absolute atomic E-state index is 0.597. The summed E-state index contributed by atoms with van der Waals surface area (Å²) in [6.45, 7) is 3.54. The van der Waals surface area contributed by atoms with Crippen molar-refractivity contribution in [3.63, 3.8) is 0 Å². The number of hydrogen-bond acceptors (Lipinski definition) is 2. The van der Waals surface area contributed by atoms with Crippen LogP contribution >= 0.6 is 11.3 Å². The van der Waals surface area contributed by atoms with E-state index < -0.39 is 0 Å². The minimum Gasteiger partial charge on any atom is -0.308 e. The molecule has 1 aliphatic carbocycles. The fourth-order valence-corrected chi connectivity index (χ4v) is 4.39.